The fourth-order valence-corrected chi connectivity index (χ4v) is 1.74. The highest BCUT2D eigenvalue weighted by atomic mass is 35.5. The van der Waals surface area contributed by atoms with Gasteiger partial charge in [0.15, 0.2) is 0 Å². The second-order valence-corrected chi connectivity index (χ2v) is 3.45. The smallest absolute Gasteiger partial charge is 0.306 e. The van der Waals surface area contributed by atoms with Crippen LogP contribution in [0.4, 0.5) is 0 Å². The predicted octanol–water partition coefficient (Wildman–Crippen LogP) is 2.72. The number of cyclic esters (lactones) is 1. The number of carbonyl (C=O) groups is 1. The Kier molecular flexibility index (Phi) is 2.23. The van der Waals surface area contributed by atoms with Crippen molar-refractivity contribution in [3.05, 3.63) is 34.9 Å². The van der Waals surface area contributed by atoms with Gasteiger partial charge in [0.05, 0.1) is 0 Å². The van der Waals surface area contributed by atoms with Crippen LogP contribution < -0.4 is 0 Å². The SMILES string of the molecule is O=C1CC[C@H](c2ccccc2Cl)O1. The van der Waals surface area contributed by atoms with Crippen molar-refractivity contribution in [2.24, 2.45) is 0 Å². The standard InChI is InChI=1S/C10H9ClO2/c11-8-4-2-1-3-7(8)9-5-6-10(12)13-9/h1-4,9H,5-6H2/t9-/m1/s1. The normalized spacial score (nSPS) is 21.6. The van der Waals surface area contributed by atoms with Gasteiger partial charge in [0.1, 0.15) is 6.10 Å². The fraction of sp³-hybridized carbons (Fsp3) is 0.300. The Morgan fingerprint density at radius 2 is 2.15 bits per heavy atom. The van der Waals surface area contributed by atoms with Crippen LogP contribution in [0.25, 0.3) is 0 Å². The molecule has 0 saturated carbocycles. The molecule has 1 atom stereocenters. The number of hydrogen-bond acceptors (Lipinski definition) is 2. The van der Waals surface area contributed by atoms with Crippen molar-refractivity contribution in [3.8, 4) is 0 Å². The van der Waals surface area contributed by atoms with E-state index in [9.17, 15) is 4.79 Å². The number of esters is 1. The van der Waals surface area contributed by atoms with Gasteiger partial charge in [0.25, 0.3) is 0 Å². The minimum absolute atomic E-state index is 0.134. The number of benzene rings is 1. The summed E-state index contributed by atoms with van der Waals surface area (Å²) < 4.78 is 5.10. The maximum Gasteiger partial charge on any atom is 0.306 e. The minimum atomic E-state index is -0.138. The average molecular weight is 197 g/mol. The third-order valence-electron chi connectivity index (χ3n) is 2.14. The maximum atomic E-state index is 10.9. The second kappa shape index (κ2) is 3.38. The zero-order valence-electron chi connectivity index (χ0n) is 7.00. The van der Waals surface area contributed by atoms with E-state index >= 15 is 0 Å². The predicted molar refractivity (Wildman–Crippen MR) is 49.5 cm³/mol. The summed E-state index contributed by atoms with van der Waals surface area (Å²) in [7, 11) is 0. The maximum absolute atomic E-state index is 10.9. The van der Waals surface area contributed by atoms with Gasteiger partial charge >= 0.3 is 5.97 Å². The molecular weight excluding hydrogens is 188 g/mol. The quantitative estimate of drug-likeness (QED) is 0.646. The molecular formula is C10H9ClO2. The van der Waals surface area contributed by atoms with Crippen LogP contribution in [0.5, 0.6) is 0 Å². The Labute approximate surface area is 81.5 Å². The van der Waals surface area contributed by atoms with Crippen LogP contribution in [-0.4, -0.2) is 5.97 Å². The molecule has 0 bridgehead atoms. The molecule has 1 fully saturated rings. The molecule has 13 heavy (non-hydrogen) atoms. The van der Waals surface area contributed by atoms with E-state index in [2.05, 4.69) is 0 Å². The van der Waals surface area contributed by atoms with Crippen molar-refractivity contribution >= 4 is 17.6 Å². The molecule has 0 amide bonds. The summed E-state index contributed by atoms with van der Waals surface area (Å²) in [5.41, 5.74) is 0.912. The Morgan fingerprint density at radius 1 is 1.38 bits per heavy atom. The van der Waals surface area contributed by atoms with Crippen LogP contribution in [-0.2, 0) is 9.53 Å². The molecule has 0 spiro atoms. The van der Waals surface area contributed by atoms with Crippen LogP contribution in [0.15, 0.2) is 24.3 Å². The van der Waals surface area contributed by atoms with Gasteiger partial charge in [-0.25, -0.2) is 0 Å². The molecule has 3 heteroatoms. The lowest BCUT2D eigenvalue weighted by Crippen LogP contribution is -1.98. The molecule has 2 nitrogen and oxygen atoms in total. The van der Waals surface area contributed by atoms with Crippen molar-refractivity contribution in [1.82, 2.24) is 0 Å². The van der Waals surface area contributed by atoms with Crippen LogP contribution in [0, 0.1) is 0 Å². The van der Waals surface area contributed by atoms with Crippen LogP contribution in [0.3, 0.4) is 0 Å². The van der Waals surface area contributed by atoms with Crippen molar-refractivity contribution in [3.63, 3.8) is 0 Å². The van der Waals surface area contributed by atoms with Gasteiger partial charge < -0.3 is 4.74 Å². The van der Waals surface area contributed by atoms with Gasteiger partial charge in [-0.15, -0.1) is 0 Å². The molecule has 0 N–H and O–H groups in total. The van der Waals surface area contributed by atoms with E-state index in [1.165, 1.54) is 0 Å². The van der Waals surface area contributed by atoms with Crippen molar-refractivity contribution in [2.75, 3.05) is 0 Å². The molecule has 0 unspecified atom stereocenters. The van der Waals surface area contributed by atoms with E-state index in [-0.39, 0.29) is 12.1 Å². The fourth-order valence-electron chi connectivity index (χ4n) is 1.48. The molecule has 1 heterocycles. The zero-order chi connectivity index (χ0) is 9.26. The number of rotatable bonds is 1. The summed E-state index contributed by atoms with van der Waals surface area (Å²) >= 11 is 5.96. The summed E-state index contributed by atoms with van der Waals surface area (Å²) in [6.45, 7) is 0. The first-order valence-electron chi connectivity index (χ1n) is 4.21. The lowest BCUT2D eigenvalue weighted by Gasteiger charge is -2.10. The first-order valence-corrected chi connectivity index (χ1v) is 4.59. The number of ether oxygens (including phenoxy) is 1. The Bertz CT molecular complexity index is 335. The highest BCUT2D eigenvalue weighted by Gasteiger charge is 2.25. The van der Waals surface area contributed by atoms with E-state index in [4.69, 9.17) is 16.3 Å². The highest BCUT2D eigenvalue weighted by molar-refractivity contribution is 6.31. The van der Waals surface area contributed by atoms with Gasteiger partial charge in [0, 0.05) is 17.0 Å². The molecule has 1 aromatic rings. The molecule has 1 aliphatic rings. The van der Waals surface area contributed by atoms with Crippen LogP contribution in [0.1, 0.15) is 24.5 Å². The summed E-state index contributed by atoms with van der Waals surface area (Å²) in [4.78, 5) is 10.9. The second-order valence-electron chi connectivity index (χ2n) is 3.04. The first-order chi connectivity index (χ1) is 6.27. The van der Waals surface area contributed by atoms with Crippen LogP contribution in [0.2, 0.25) is 5.02 Å². The number of hydrogen-bond donors (Lipinski definition) is 0. The van der Waals surface area contributed by atoms with E-state index in [0.717, 1.165) is 12.0 Å². The summed E-state index contributed by atoms with van der Waals surface area (Å²) in [6, 6.07) is 7.46. The Morgan fingerprint density at radius 3 is 2.77 bits per heavy atom. The van der Waals surface area contributed by atoms with Crippen molar-refractivity contribution in [2.45, 2.75) is 18.9 Å². The number of carbonyl (C=O) groups excluding carboxylic acids is 1. The topological polar surface area (TPSA) is 26.3 Å². The first kappa shape index (κ1) is 8.57. The third-order valence-corrected chi connectivity index (χ3v) is 2.48. The monoisotopic (exact) mass is 196 g/mol. The average Bonchev–Trinajstić information content (AvgIpc) is 2.53. The largest absolute Gasteiger partial charge is 0.457 e. The van der Waals surface area contributed by atoms with E-state index in [0.29, 0.717) is 11.4 Å². The highest BCUT2D eigenvalue weighted by Crippen LogP contribution is 2.33. The Balaban J connectivity index is 2.26. The van der Waals surface area contributed by atoms with Gasteiger partial charge in [-0.3, -0.25) is 4.79 Å². The molecule has 1 aromatic carbocycles. The molecule has 0 radical (unpaired) electrons. The minimum Gasteiger partial charge on any atom is -0.457 e. The zero-order valence-corrected chi connectivity index (χ0v) is 7.75. The van der Waals surface area contributed by atoms with Crippen molar-refractivity contribution in [1.29, 1.82) is 0 Å². The summed E-state index contributed by atoms with van der Waals surface area (Å²) in [5, 5.41) is 0.669. The van der Waals surface area contributed by atoms with Crippen molar-refractivity contribution < 1.29 is 9.53 Å². The van der Waals surface area contributed by atoms with E-state index < -0.39 is 0 Å². The Hall–Kier alpha value is -1.02. The van der Waals surface area contributed by atoms with Gasteiger partial charge in [-0.1, -0.05) is 29.8 Å². The lowest BCUT2D eigenvalue weighted by atomic mass is 10.1. The summed E-state index contributed by atoms with van der Waals surface area (Å²) in [5.74, 6) is -0.134. The van der Waals surface area contributed by atoms with E-state index in [1.54, 1.807) is 0 Å². The van der Waals surface area contributed by atoms with Gasteiger partial charge in [0.2, 0.25) is 0 Å². The molecule has 2 rings (SSSR count). The third kappa shape index (κ3) is 1.68. The summed E-state index contributed by atoms with van der Waals surface area (Å²) in [6.07, 6.45) is 1.10. The molecule has 1 saturated heterocycles. The van der Waals surface area contributed by atoms with Gasteiger partial charge in [-0.2, -0.15) is 0 Å². The molecule has 1 aliphatic heterocycles. The molecule has 0 aromatic heterocycles. The number of halogens is 1. The lowest BCUT2D eigenvalue weighted by molar-refractivity contribution is -0.141. The molecule has 0 aliphatic carbocycles. The molecule has 68 valence electrons. The van der Waals surface area contributed by atoms with Crippen LogP contribution >= 0.6 is 11.6 Å². The van der Waals surface area contributed by atoms with E-state index in [1.807, 2.05) is 24.3 Å². The van der Waals surface area contributed by atoms with Gasteiger partial charge in [-0.05, 0) is 12.5 Å².